The summed E-state index contributed by atoms with van der Waals surface area (Å²) in [4.78, 5) is 18.9. The predicted octanol–water partition coefficient (Wildman–Crippen LogP) is 8.49. The van der Waals surface area contributed by atoms with Gasteiger partial charge in [0.1, 0.15) is 23.3 Å². The number of aliphatic carboxylic acids is 1. The van der Waals surface area contributed by atoms with Gasteiger partial charge in [-0.05, 0) is 72.9 Å². The molecule has 1 N–H and O–H groups in total. The minimum atomic E-state index is -0.773. The van der Waals surface area contributed by atoms with Crippen LogP contribution in [0.15, 0.2) is 120 Å². The molecule has 1 aromatic heterocycles. The highest BCUT2D eigenvalue weighted by molar-refractivity contribution is 5.74. The topological polar surface area (TPSA) is 75.8 Å². The molecule has 1 fully saturated rings. The number of hydrogen-bond acceptors (Lipinski definition) is 5. The van der Waals surface area contributed by atoms with Crippen molar-refractivity contribution in [1.29, 1.82) is 0 Å². The van der Waals surface area contributed by atoms with Crippen LogP contribution in [0.3, 0.4) is 0 Å². The second-order valence-corrected chi connectivity index (χ2v) is 10.8. The highest BCUT2D eigenvalue weighted by Gasteiger charge is 2.38. The number of oxazole rings is 1. The van der Waals surface area contributed by atoms with Crippen molar-refractivity contribution in [2.24, 2.45) is 0 Å². The molecule has 4 aromatic carbocycles. The minimum absolute atomic E-state index is 0.0357. The van der Waals surface area contributed by atoms with Crippen molar-refractivity contribution >= 4 is 12.0 Å². The summed E-state index contributed by atoms with van der Waals surface area (Å²) in [5.74, 6) is 2.23. The second-order valence-electron chi connectivity index (χ2n) is 10.8. The lowest BCUT2D eigenvalue weighted by Crippen LogP contribution is -2.36. The number of allylic oxidation sites excluding steroid dienone is 1. The molecule has 0 aliphatic carbocycles. The molecule has 6 heteroatoms. The van der Waals surface area contributed by atoms with Crippen LogP contribution < -0.4 is 4.74 Å². The van der Waals surface area contributed by atoms with Crippen molar-refractivity contribution in [3.05, 3.63) is 143 Å². The molecule has 216 valence electrons. The zero-order valence-electron chi connectivity index (χ0n) is 24.1. The van der Waals surface area contributed by atoms with E-state index in [0.29, 0.717) is 25.3 Å². The molecule has 1 aliphatic heterocycles. The largest absolute Gasteiger partial charge is 0.480 e. The molecule has 1 saturated heterocycles. The van der Waals surface area contributed by atoms with Crippen LogP contribution in [0.25, 0.3) is 17.5 Å². The number of benzene rings is 4. The molecular weight excluding hydrogens is 536 g/mol. The number of rotatable bonds is 10. The summed E-state index contributed by atoms with van der Waals surface area (Å²) in [6, 6.07) is 35.4. The van der Waals surface area contributed by atoms with E-state index in [0.717, 1.165) is 51.6 Å². The van der Waals surface area contributed by atoms with Gasteiger partial charge in [-0.1, -0.05) is 84.9 Å². The lowest BCUT2D eigenvalue weighted by Gasteiger charge is -2.28. The number of hydrogen-bond donors (Lipinski definition) is 1. The maximum absolute atomic E-state index is 12.1. The molecule has 43 heavy (non-hydrogen) atoms. The summed E-state index contributed by atoms with van der Waals surface area (Å²) < 4.78 is 11.8. The number of aryl methyl sites for hydroxylation is 1. The highest BCUT2D eigenvalue weighted by atomic mass is 16.5. The summed E-state index contributed by atoms with van der Waals surface area (Å²) in [5, 5.41) is 9.97. The average molecular weight is 571 g/mol. The van der Waals surface area contributed by atoms with E-state index in [4.69, 9.17) is 9.15 Å². The Balaban J connectivity index is 1.11. The van der Waals surface area contributed by atoms with E-state index in [1.807, 2.05) is 91.9 Å². The van der Waals surface area contributed by atoms with E-state index in [9.17, 15) is 9.90 Å². The van der Waals surface area contributed by atoms with Crippen LogP contribution in [0, 0.1) is 6.92 Å². The molecule has 0 saturated carbocycles. The van der Waals surface area contributed by atoms with E-state index in [1.165, 1.54) is 0 Å². The van der Waals surface area contributed by atoms with Crippen LogP contribution in [0.4, 0.5) is 0 Å². The third-order valence-corrected chi connectivity index (χ3v) is 7.92. The number of para-hydroxylation sites is 1. The number of nitrogens with zero attached hydrogens (tertiary/aromatic N) is 2. The Morgan fingerprint density at radius 1 is 0.907 bits per heavy atom. The van der Waals surface area contributed by atoms with Gasteiger partial charge in [-0.2, -0.15) is 0 Å². The molecule has 0 unspecified atom stereocenters. The molecule has 1 aliphatic rings. The fraction of sp³-hybridized carbons (Fsp3) is 0.189. The van der Waals surface area contributed by atoms with Crippen LogP contribution in [0.1, 0.15) is 47.0 Å². The quantitative estimate of drug-likeness (QED) is 0.181. The first kappa shape index (κ1) is 28.2. The van der Waals surface area contributed by atoms with Crippen LogP contribution in [0.5, 0.6) is 11.5 Å². The standard InChI is InChI=1S/C37H34N2O4/c1-26-33(38-36(42-26)30-10-4-2-5-11-30)14-8-9-27-15-19-29(20-16-27)34-23-24-35(37(40)41)39(34)25-28-17-21-32(22-18-28)43-31-12-6-3-7-13-31/h2-13,15-22,34-35H,14,23-25H2,1H3,(H,40,41)/t34-,35-/m0/s1. The van der Waals surface area contributed by atoms with Gasteiger partial charge in [-0.3, -0.25) is 9.69 Å². The van der Waals surface area contributed by atoms with Gasteiger partial charge >= 0.3 is 5.97 Å². The Labute approximate surface area is 251 Å². The van der Waals surface area contributed by atoms with E-state index in [2.05, 4.69) is 46.3 Å². The van der Waals surface area contributed by atoms with Crippen molar-refractivity contribution in [1.82, 2.24) is 9.88 Å². The van der Waals surface area contributed by atoms with Gasteiger partial charge in [0, 0.05) is 24.6 Å². The summed E-state index contributed by atoms with van der Waals surface area (Å²) in [7, 11) is 0. The number of carboxylic acids is 1. The van der Waals surface area contributed by atoms with Gasteiger partial charge in [-0.15, -0.1) is 0 Å². The first-order valence-corrected chi connectivity index (χ1v) is 14.6. The molecule has 2 atom stereocenters. The second kappa shape index (κ2) is 12.9. The summed E-state index contributed by atoms with van der Waals surface area (Å²) in [6.07, 6.45) is 6.29. The van der Waals surface area contributed by atoms with Crippen LogP contribution in [-0.2, 0) is 17.8 Å². The Bertz CT molecular complexity index is 1680. The minimum Gasteiger partial charge on any atom is -0.480 e. The molecule has 0 radical (unpaired) electrons. The number of ether oxygens (including phenoxy) is 1. The van der Waals surface area contributed by atoms with Gasteiger partial charge in [-0.25, -0.2) is 4.98 Å². The molecule has 0 amide bonds. The van der Waals surface area contributed by atoms with Gasteiger partial charge in [0.25, 0.3) is 0 Å². The van der Waals surface area contributed by atoms with E-state index in [-0.39, 0.29) is 6.04 Å². The molecule has 5 aromatic rings. The van der Waals surface area contributed by atoms with Crippen molar-refractivity contribution in [3.8, 4) is 23.0 Å². The van der Waals surface area contributed by atoms with Crippen LogP contribution in [-0.4, -0.2) is 27.0 Å². The molecule has 6 rings (SSSR count). The lowest BCUT2D eigenvalue weighted by molar-refractivity contribution is -0.142. The predicted molar refractivity (Wildman–Crippen MR) is 168 cm³/mol. The maximum Gasteiger partial charge on any atom is 0.320 e. The van der Waals surface area contributed by atoms with Crippen molar-refractivity contribution in [2.45, 2.75) is 44.8 Å². The lowest BCUT2D eigenvalue weighted by atomic mass is 10.0. The number of aromatic nitrogens is 1. The normalized spacial score (nSPS) is 17.0. The molecule has 2 heterocycles. The summed E-state index contributed by atoms with van der Waals surface area (Å²) in [6.45, 7) is 2.50. The number of likely N-dealkylation sites (tertiary alicyclic amines) is 1. The van der Waals surface area contributed by atoms with Gasteiger partial charge < -0.3 is 14.3 Å². The number of carbonyl (C=O) groups is 1. The average Bonchev–Trinajstić information content (AvgIpc) is 3.63. The van der Waals surface area contributed by atoms with Crippen LogP contribution >= 0.6 is 0 Å². The molecule has 0 spiro atoms. The van der Waals surface area contributed by atoms with Crippen LogP contribution in [0.2, 0.25) is 0 Å². The van der Waals surface area contributed by atoms with Crippen molar-refractivity contribution < 1.29 is 19.1 Å². The Morgan fingerprint density at radius 2 is 1.58 bits per heavy atom. The van der Waals surface area contributed by atoms with Gasteiger partial charge in [0.15, 0.2) is 0 Å². The fourth-order valence-corrected chi connectivity index (χ4v) is 5.66. The molecular formula is C37H34N2O4. The SMILES string of the molecule is Cc1oc(-c2ccccc2)nc1CC=Cc1ccc([C@@H]2CC[C@@H](C(=O)O)N2Cc2ccc(Oc3ccccc3)cc2)cc1. The van der Waals surface area contributed by atoms with Gasteiger partial charge in [0.05, 0.1) is 5.69 Å². The zero-order valence-corrected chi connectivity index (χ0v) is 24.1. The summed E-state index contributed by atoms with van der Waals surface area (Å²) in [5.41, 5.74) is 5.16. The Kier molecular flexibility index (Phi) is 8.47. The van der Waals surface area contributed by atoms with Crippen molar-refractivity contribution in [2.75, 3.05) is 0 Å². The molecule has 0 bridgehead atoms. The highest BCUT2D eigenvalue weighted by Crippen LogP contribution is 2.38. The van der Waals surface area contributed by atoms with E-state index < -0.39 is 12.0 Å². The molecule has 6 nitrogen and oxygen atoms in total. The first-order valence-electron chi connectivity index (χ1n) is 14.6. The zero-order chi connectivity index (χ0) is 29.6. The summed E-state index contributed by atoms with van der Waals surface area (Å²) >= 11 is 0. The maximum atomic E-state index is 12.1. The fourth-order valence-electron chi connectivity index (χ4n) is 5.66. The Morgan fingerprint density at radius 3 is 2.28 bits per heavy atom. The van der Waals surface area contributed by atoms with Gasteiger partial charge in [0.2, 0.25) is 5.89 Å². The van der Waals surface area contributed by atoms with Crippen molar-refractivity contribution in [3.63, 3.8) is 0 Å². The monoisotopic (exact) mass is 570 g/mol. The Hall–Kier alpha value is -4.94. The van der Waals surface area contributed by atoms with E-state index in [1.54, 1.807) is 0 Å². The number of carboxylic acid groups (broad SMARTS) is 1. The first-order chi connectivity index (χ1) is 21.0. The van der Waals surface area contributed by atoms with E-state index >= 15 is 0 Å². The third-order valence-electron chi connectivity index (χ3n) is 7.92. The third kappa shape index (κ3) is 6.76. The smallest absolute Gasteiger partial charge is 0.320 e.